The van der Waals surface area contributed by atoms with Crippen LogP contribution in [0.3, 0.4) is 0 Å². The van der Waals surface area contributed by atoms with E-state index < -0.39 is 0 Å². The van der Waals surface area contributed by atoms with Crippen molar-refractivity contribution >= 4 is 11.0 Å². The van der Waals surface area contributed by atoms with Crippen molar-refractivity contribution in [2.24, 2.45) is 24.8 Å². The van der Waals surface area contributed by atoms with Crippen LogP contribution < -0.4 is 4.74 Å². The van der Waals surface area contributed by atoms with E-state index >= 15 is 0 Å². The fraction of sp³-hybridized carbons (Fsp3) is 0.450. The normalized spacial score (nSPS) is 24.8. The number of likely N-dealkylation sites (tertiary alicyclic amines) is 1. The van der Waals surface area contributed by atoms with Gasteiger partial charge in [-0.25, -0.2) is 9.97 Å². The van der Waals surface area contributed by atoms with Gasteiger partial charge in [0.1, 0.15) is 5.82 Å². The maximum absolute atomic E-state index is 5.90. The van der Waals surface area contributed by atoms with Gasteiger partial charge >= 0.3 is 0 Å². The number of benzene rings is 1. The molecular formula is C20H23N5O. The summed E-state index contributed by atoms with van der Waals surface area (Å²) >= 11 is 0. The highest BCUT2D eigenvalue weighted by Crippen LogP contribution is 2.52. The number of hydrogen-bond acceptors (Lipinski definition) is 5. The fourth-order valence-corrected chi connectivity index (χ4v) is 4.36. The van der Waals surface area contributed by atoms with Crippen molar-refractivity contribution in [3.8, 4) is 5.88 Å². The van der Waals surface area contributed by atoms with Crippen LogP contribution in [-0.4, -0.2) is 44.1 Å². The molecule has 134 valence electrons. The van der Waals surface area contributed by atoms with Crippen molar-refractivity contribution < 1.29 is 4.74 Å². The Kier molecular flexibility index (Phi) is 3.67. The van der Waals surface area contributed by atoms with Crippen LogP contribution in [0.1, 0.15) is 11.5 Å². The number of fused-ring (bicyclic) bond motifs is 2. The standard InChI is InChI=1S/C20H23N5O/c1-13-20(22-8-7-21-13)26-12-16-14-9-25(10-15(14)16)11-19-23-17-5-3-4-6-18(17)24(19)2/h3-8,14-16H,9-12H2,1-2H3/t14-,15+,16?. The zero-order valence-corrected chi connectivity index (χ0v) is 15.2. The second kappa shape index (κ2) is 6.06. The number of imidazole rings is 1. The molecule has 1 saturated heterocycles. The van der Waals surface area contributed by atoms with E-state index in [1.54, 1.807) is 12.4 Å². The Labute approximate surface area is 152 Å². The average molecular weight is 349 g/mol. The van der Waals surface area contributed by atoms with Crippen molar-refractivity contribution in [3.63, 3.8) is 0 Å². The summed E-state index contributed by atoms with van der Waals surface area (Å²) in [6.07, 6.45) is 3.39. The predicted molar refractivity (Wildman–Crippen MR) is 98.7 cm³/mol. The van der Waals surface area contributed by atoms with E-state index in [0.29, 0.717) is 11.8 Å². The monoisotopic (exact) mass is 349 g/mol. The molecule has 2 aliphatic rings. The molecule has 0 amide bonds. The summed E-state index contributed by atoms with van der Waals surface area (Å²) in [4.78, 5) is 15.8. The molecule has 2 fully saturated rings. The molecule has 1 aliphatic carbocycles. The van der Waals surface area contributed by atoms with Crippen LogP contribution in [0, 0.1) is 24.7 Å². The fourth-order valence-electron chi connectivity index (χ4n) is 4.36. The Balaban J connectivity index is 1.18. The van der Waals surface area contributed by atoms with Gasteiger partial charge in [-0.1, -0.05) is 12.1 Å². The summed E-state index contributed by atoms with van der Waals surface area (Å²) in [5.74, 6) is 3.99. The van der Waals surface area contributed by atoms with E-state index in [2.05, 4.69) is 44.7 Å². The van der Waals surface area contributed by atoms with Gasteiger partial charge in [0.2, 0.25) is 5.88 Å². The first-order valence-corrected chi connectivity index (χ1v) is 9.24. The van der Waals surface area contributed by atoms with Gasteiger partial charge < -0.3 is 9.30 Å². The van der Waals surface area contributed by atoms with Crippen molar-refractivity contribution in [2.45, 2.75) is 13.5 Å². The first kappa shape index (κ1) is 15.8. The Bertz CT molecular complexity index is 940. The molecule has 5 rings (SSSR count). The number of piperidine rings is 1. The summed E-state index contributed by atoms with van der Waals surface area (Å²) in [7, 11) is 2.11. The largest absolute Gasteiger partial charge is 0.476 e. The summed E-state index contributed by atoms with van der Waals surface area (Å²) in [5.41, 5.74) is 3.15. The SMILES string of the molecule is Cc1nccnc1OCC1[C@H]2CN(Cc3nc4ccccc4n3C)C[C@@H]12. The second-order valence-electron chi connectivity index (χ2n) is 7.52. The smallest absolute Gasteiger partial charge is 0.235 e. The van der Waals surface area contributed by atoms with Crippen LogP contribution in [0.15, 0.2) is 36.7 Å². The third kappa shape index (κ3) is 2.65. The Morgan fingerprint density at radius 1 is 1.12 bits per heavy atom. The topological polar surface area (TPSA) is 56.1 Å². The molecule has 1 aromatic carbocycles. The molecule has 1 unspecified atom stereocenters. The first-order chi connectivity index (χ1) is 12.7. The minimum atomic E-state index is 0.660. The lowest BCUT2D eigenvalue weighted by Crippen LogP contribution is -2.26. The van der Waals surface area contributed by atoms with E-state index in [-0.39, 0.29) is 0 Å². The minimum absolute atomic E-state index is 0.660. The van der Waals surface area contributed by atoms with E-state index in [0.717, 1.165) is 55.1 Å². The van der Waals surface area contributed by atoms with Crippen LogP contribution in [0.2, 0.25) is 0 Å². The maximum atomic E-state index is 5.90. The summed E-state index contributed by atoms with van der Waals surface area (Å²) in [5, 5.41) is 0. The third-order valence-electron chi connectivity index (χ3n) is 5.94. The number of aromatic nitrogens is 4. The van der Waals surface area contributed by atoms with Crippen molar-refractivity contribution in [2.75, 3.05) is 19.7 Å². The van der Waals surface area contributed by atoms with Crippen LogP contribution >= 0.6 is 0 Å². The van der Waals surface area contributed by atoms with E-state index in [1.807, 2.05) is 13.0 Å². The highest BCUT2D eigenvalue weighted by molar-refractivity contribution is 5.75. The van der Waals surface area contributed by atoms with E-state index in [1.165, 1.54) is 5.52 Å². The number of nitrogens with zero attached hydrogens (tertiary/aromatic N) is 5. The van der Waals surface area contributed by atoms with Crippen molar-refractivity contribution in [3.05, 3.63) is 48.2 Å². The van der Waals surface area contributed by atoms with Crippen molar-refractivity contribution in [1.29, 1.82) is 0 Å². The molecule has 2 aromatic heterocycles. The lowest BCUT2D eigenvalue weighted by Gasteiger charge is -2.19. The third-order valence-corrected chi connectivity index (χ3v) is 5.94. The lowest BCUT2D eigenvalue weighted by atomic mass is 10.3. The van der Waals surface area contributed by atoms with Crippen LogP contribution in [0.5, 0.6) is 5.88 Å². The number of aryl methyl sites for hydroxylation is 2. The van der Waals surface area contributed by atoms with Gasteiger partial charge in [0.15, 0.2) is 0 Å². The molecule has 0 N–H and O–H groups in total. The molecule has 6 nitrogen and oxygen atoms in total. The minimum Gasteiger partial charge on any atom is -0.476 e. The molecule has 6 heteroatoms. The van der Waals surface area contributed by atoms with Gasteiger partial charge in [0.05, 0.1) is 29.9 Å². The van der Waals surface area contributed by atoms with Gasteiger partial charge in [-0.05, 0) is 30.9 Å². The van der Waals surface area contributed by atoms with Crippen LogP contribution in [0.4, 0.5) is 0 Å². The number of ether oxygens (including phenoxy) is 1. The van der Waals surface area contributed by atoms with Crippen LogP contribution in [0.25, 0.3) is 11.0 Å². The molecule has 0 bridgehead atoms. The Morgan fingerprint density at radius 3 is 2.65 bits per heavy atom. The summed E-state index contributed by atoms with van der Waals surface area (Å²) in [6, 6.07) is 8.34. The van der Waals surface area contributed by atoms with Crippen LogP contribution in [-0.2, 0) is 13.6 Å². The van der Waals surface area contributed by atoms with Gasteiger partial charge in [-0.2, -0.15) is 0 Å². The molecule has 3 aromatic rings. The van der Waals surface area contributed by atoms with Gasteiger partial charge in [-0.3, -0.25) is 9.88 Å². The summed E-state index contributed by atoms with van der Waals surface area (Å²) < 4.78 is 8.12. The molecule has 0 spiro atoms. The number of hydrogen-bond donors (Lipinski definition) is 0. The Hall–Kier alpha value is -2.47. The molecule has 3 heterocycles. The quantitative estimate of drug-likeness (QED) is 0.708. The molecule has 1 saturated carbocycles. The Morgan fingerprint density at radius 2 is 1.88 bits per heavy atom. The highest BCUT2D eigenvalue weighted by atomic mass is 16.5. The zero-order valence-electron chi connectivity index (χ0n) is 15.2. The molecule has 0 radical (unpaired) electrons. The molecule has 1 aliphatic heterocycles. The maximum Gasteiger partial charge on any atom is 0.235 e. The molecule has 3 atom stereocenters. The molecule has 26 heavy (non-hydrogen) atoms. The van der Waals surface area contributed by atoms with Crippen molar-refractivity contribution in [1.82, 2.24) is 24.4 Å². The highest BCUT2D eigenvalue weighted by Gasteiger charge is 2.55. The number of rotatable bonds is 5. The predicted octanol–water partition coefficient (Wildman–Crippen LogP) is 2.43. The summed E-state index contributed by atoms with van der Waals surface area (Å²) in [6.45, 7) is 5.90. The van der Waals surface area contributed by atoms with Gasteiger partial charge in [-0.15, -0.1) is 0 Å². The first-order valence-electron chi connectivity index (χ1n) is 9.24. The van der Waals surface area contributed by atoms with E-state index in [4.69, 9.17) is 9.72 Å². The van der Waals surface area contributed by atoms with E-state index in [9.17, 15) is 0 Å². The molecular weight excluding hydrogens is 326 g/mol. The number of para-hydroxylation sites is 2. The lowest BCUT2D eigenvalue weighted by molar-refractivity contribution is 0.221. The zero-order chi connectivity index (χ0) is 17.7. The van der Waals surface area contributed by atoms with Gasteiger partial charge in [0.25, 0.3) is 0 Å². The second-order valence-corrected chi connectivity index (χ2v) is 7.52. The van der Waals surface area contributed by atoms with Gasteiger partial charge in [0, 0.05) is 38.4 Å². The average Bonchev–Trinajstić information content (AvgIpc) is 2.98.